The van der Waals surface area contributed by atoms with E-state index in [0.29, 0.717) is 17.9 Å². The summed E-state index contributed by atoms with van der Waals surface area (Å²) in [4.78, 5) is 0. The fourth-order valence-corrected chi connectivity index (χ4v) is 1.61. The Hall–Kier alpha value is -1.06. The maximum Gasteiger partial charge on any atom is 0.119 e. The quantitative estimate of drug-likeness (QED) is 0.847. The molecule has 0 radical (unpaired) electrons. The molecule has 0 heterocycles. The second-order valence-electron chi connectivity index (χ2n) is 5.26. The van der Waals surface area contributed by atoms with Gasteiger partial charge >= 0.3 is 0 Å². The van der Waals surface area contributed by atoms with Gasteiger partial charge in [0.05, 0.1) is 12.7 Å². The van der Waals surface area contributed by atoms with Crippen molar-refractivity contribution in [3.8, 4) is 5.75 Å². The third-order valence-corrected chi connectivity index (χ3v) is 2.70. The molecule has 1 aromatic carbocycles. The molecule has 0 spiro atoms. The Bertz CT molecular complexity index is 355. The molecule has 0 aliphatic carbocycles. The molecule has 0 saturated carbocycles. The first kappa shape index (κ1) is 14.0. The van der Waals surface area contributed by atoms with Crippen molar-refractivity contribution in [2.45, 2.75) is 39.9 Å². The molecule has 0 aliphatic rings. The first-order chi connectivity index (χ1) is 7.86. The number of aliphatic hydroxyl groups excluding tert-OH is 2. The van der Waals surface area contributed by atoms with Crippen LogP contribution in [0, 0.1) is 5.41 Å². The van der Waals surface area contributed by atoms with Crippen molar-refractivity contribution in [2.75, 3.05) is 6.61 Å². The second kappa shape index (κ2) is 5.52. The van der Waals surface area contributed by atoms with Gasteiger partial charge in [0.2, 0.25) is 0 Å². The van der Waals surface area contributed by atoms with E-state index in [1.807, 2.05) is 39.8 Å². The van der Waals surface area contributed by atoms with Crippen LogP contribution in [0.1, 0.15) is 39.4 Å². The molecule has 1 rings (SSSR count). The highest BCUT2D eigenvalue weighted by atomic mass is 16.5. The number of aliphatic hydroxyl groups is 2. The lowest BCUT2D eigenvalue weighted by Gasteiger charge is -2.30. The van der Waals surface area contributed by atoms with E-state index in [9.17, 15) is 10.2 Å². The molecule has 1 aromatic rings. The number of benzene rings is 1. The number of hydrogen-bond acceptors (Lipinski definition) is 3. The second-order valence-corrected chi connectivity index (χ2v) is 5.26. The predicted octanol–water partition coefficient (Wildman–Crippen LogP) is 2.53. The summed E-state index contributed by atoms with van der Waals surface area (Å²) in [6.07, 6.45) is -1.70. The lowest BCUT2D eigenvalue weighted by Crippen LogP contribution is -2.32. The van der Waals surface area contributed by atoms with E-state index in [1.54, 1.807) is 12.1 Å². The first-order valence-corrected chi connectivity index (χ1v) is 5.95. The summed E-state index contributed by atoms with van der Waals surface area (Å²) in [7, 11) is 0. The maximum absolute atomic E-state index is 10.1. The summed E-state index contributed by atoms with van der Waals surface area (Å²) in [6, 6.07) is 7.22. The Labute approximate surface area is 103 Å². The molecule has 0 aromatic heterocycles. The van der Waals surface area contributed by atoms with Crippen LogP contribution in [0.3, 0.4) is 0 Å². The molecule has 2 unspecified atom stereocenters. The van der Waals surface area contributed by atoms with Crippen LogP contribution in [0.25, 0.3) is 0 Å². The van der Waals surface area contributed by atoms with E-state index in [-0.39, 0.29) is 5.41 Å². The van der Waals surface area contributed by atoms with Gasteiger partial charge in [-0.2, -0.15) is 0 Å². The molecular weight excluding hydrogens is 216 g/mol. The lowest BCUT2D eigenvalue weighted by molar-refractivity contribution is -0.0459. The summed E-state index contributed by atoms with van der Waals surface area (Å²) >= 11 is 0. The Morgan fingerprint density at radius 1 is 1.24 bits per heavy atom. The van der Waals surface area contributed by atoms with Crippen molar-refractivity contribution < 1.29 is 14.9 Å². The largest absolute Gasteiger partial charge is 0.494 e. The van der Waals surface area contributed by atoms with Crippen LogP contribution in [0.15, 0.2) is 24.3 Å². The minimum absolute atomic E-state index is 0.360. The molecule has 0 amide bonds. The molecular formula is C14H22O3. The van der Waals surface area contributed by atoms with Gasteiger partial charge in [-0.25, -0.2) is 0 Å². The maximum atomic E-state index is 10.1. The highest BCUT2D eigenvalue weighted by molar-refractivity contribution is 5.30. The predicted molar refractivity (Wildman–Crippen MR) is 68.0 cm³/mol. The average molecular weight is 238 g/mol. The molecule has 96 valence electrons. The highest BCUT2D eigenvalue weighted by Crippen LogP contribution is 2.31. The summed E-state index contributed by atoms with van der Waals surface area (Å²) in [5.41, 5.74) is 0.319. The molecule has 17 heavy (non-hydrogen) atoms. The third kappa shape index (κ3) is 3.72. The molecule has 0 bridgehead atoms. The van der Waals surface area contributed by atoms with Gasteiger partial charge in [0.25, 0.3) is 0 Å². The van der Waals surface area contributed by atoms with Crippen molar-refractivity contribution in [3.63, 3.8) is 0 Å². The van der Waals surface area contributed by atoms with E-state index in [0.717, 1.165) is 0 Å². The van der Waals surface area contributed by atoms with Gasteiger partial charge in [0.15, 0.2) is 0 Å². The summed E-state index contributed by atoms with van der Waals surface area (Å²) < 4.78 is 5.37. The Kier molecular flexibility index (Phi) is 4.54. The van der Waals surface area contributed by atoms with E-state index >= 15 is 0 Å². The van der Waals surface area contributed by atoms with Gasteiger partial charge in [0.1, 0.15) is 11.9 Å². The van der Waals surface area contributed by atoms with Gasteiger partial charge in [-0.05, 0) is 30.0 Å². The molecule has 0 aliphatic heterocycles. The fourth-order valence-electron chi connectivity index (χ4n) is 1.61. The van der Waals surface area contributed by atoms with Crippen molar-refractivity contribution >= 4 is 0 Å². The zero-order valence-corrected chi connectivity index (χ0v) is 11.0. The minimum atomic E-state index is -0.893. The summed E-state index contributed by atoms with van der Waals surface area (Å²) in [5, 5.41) is 20.1. The lowest BCUT2D eigenvalue weighted by atomic mass is 9.83. The number of rotatable bonds is 4. The topological polar surface area (TPSA) is 49.7 Å². The van der Waals surface area contributed by atoms with Crippen LogP contribution in [-0.2, 0) is 0 Å². The van der Waals surface area contributed by atoms with Gasteiger partial charge in [-0.1, -0.05) is 32.9 Å². The van der Waals surface area contributed by atoms with E-state index < -0.39 is 12.2 Å². The molecule has 2 N–H and O–H groups in total. The first-order valence-electron chi connectivity index (χ1n) is 5.95. The summed E-state index contributed by atoms with van der Waals surface area (Å²) in [6.45, 7) is 8.18. The standard InChI is InChI=1S/C14H22O3/c1-5-17-11-8-6-7-10(9-11)12(15)13(16)14(2,3)4/h6-9,12-13,15-16H,5H2,1-4H3. The van der Waals surface area contributed by atoms with Crippen LogP contribution in [0.4, 0.5) is 0 Å². The molecule has 0 saturated heterocycles. The monoisotopic (exact) mass is 238 g/mol. The fraction of sp³-hybridized carbons (Fsp3) is 0.571. The smallest absolute Gasteiger partial charge is 0.119 e. The van der Waals surface area contributed by atoms with Crippen molar-refractivity contribution in [1.29, 1.82) is 0 Å². The van der Waals surface area contributed by atoms with Crippen molar-refractivity contribution in [2.24, 2.45) is 5.41 Å². The van der Waals surface area contributed by atoms with Crippen molar-refractivity contribution in [3.05, 3.63) is 29.8 Å². The van der Waals surface area contributed by atoms with Crippen LogP contribution in [0.5, 0.6) is 5.75 Å². The molecule has 3 nitrogen and oxygen atoms in total. The minimum Gasteiger partial charge on any atom is -0.494 e. The highest BCUT2D eigenvalue weighted by Gasteiger charge is 2.30. The van der Waals surface area contributed by atoms with Gasteiger partial charge < -0.3 is 14.9 Å². The Morgan fingerprint density at radius 2 is 1.88 bits per heavy atom. The van der Waals surface area contributed by atoms with Crippen LogP contribution in [0.2, 0.25) is 0 Å². The van der Waals surface area contributed by atoms with Crippen LogP contribution >= 0.6 is 0 Å². The van der Waals surface area contributed by atoms with E-state index in [1.165, 1.54) is 0 Å². The zero-order valence-electron chi connectivity index (χ0n) is 11.0. The normalized spacial score (nSPS) is 15.4. The van der Waals surface area contributed by atoms with Gasteiger partial charge in [0, 0.05) is 0 Å². The zero-order chi connectivity index (χ0) is 13.1. The van der Waals surface area contributed by atoms with Gasteiger partial charge in [-0.15, -0.1) is 0 Å². The SMILES string of the molecule is CCOc1cccc(C(O)C(O)C(C)(C)C)c1. The van der Waals surface area contributed by atoms with Crippen molar-refractivity contribution in [1.82, 2.24) is 0 Å². The average Bonchev–Trinajstić information content (AvgIpc) is 2.27. The van der Waals surface area contributed by atoms with E-state index in [2.05, 4.69) is 0 Å². The Balaban J connectivity index is 2.88. The molecule has 0 fully saturated rings. The Morgan fingerprint density at radius 3 is 2.41 bits per heavy atom. The summed E-state index contributed by atoms with van der Waals surface area (Å²) in [5.74, 6) is 0.713. The van der Waals surface area contributed by atoms with Crippen LogP contribution in [-0.4, -0.2) is 22.9 Å². The molecule has 3 heteroatoms. The van der Waals surface area contributed by atoms with Gasteiger partial charge in [-0.3, -0.25) is 0 Å². The number of ether oxygens (including phenoxy) is 1. The number of hydrogen-bond donors (Lipinski definition) is 2. The van der Waals surface area contributed by atoms with Crippen LogP contribution < -0.4 is 4.74 Å². The third-order valence-electron chi connectivity index (χ3n) is 2.70. The van der Waals surface area contributed by atoms with E-state index in [4.69, 9.17) is 4.74 Å². The molecule has 2 atom stereocenters.